The fourth-order valence-corrected chi connectivity index (χ4v) is 6.80. The predicted octanol–water partition coefficient (Wildman–Crippen LogP) is 4.47. The van der Waals surface area contributed by atoms with Crippen LogP contribution in [-0.2, 0) is 9.59 Å². The number of anilines is 2. The molecule has 2 heterocycles. The van der Waals surface area contributed by atoms with Crippen LogP contribution in [0.15, 0.2) is 69.5 Å². The largest absolute Gasteiger partial charge is 0.384 e. The number of nitrogens with two attached hydrogens (primary N) is 2. The van der Waals surface area contributed by atoms with E-state index in [4.69, 9.17) is 23.1 Å². The van der Waals surface area contributed by atoms with Gasteiger partial charge in [0.05, 0.1) is 34.6 Å². The van der Waals surface area contributed by atoms with Gasteiger partial charge in [0.2, 0.25) is 11.0 Å². The van der Waals surface area contributed by atoms with Gasteiger partial charge in [-0.05, 0) is 37.1 Å². The molecule has 1 atom stereocenters. The average molecular weight is 610 g/mol. The van der Waals surface area contributed by atoms with Crippen molar-refractivity contribution in [3.8, 4) is 6.07 Å². The summed E-state index contributed by atoms with van der Waals surface area (Å²) >= 11 is 8.58. The first kappa shape index (κ1) is 28.3. The Kier molecular flexibility index (Phi) is 8.07. The van der Waals surface area contributed by atoms with Crippen LogP contribution in [0.25, 0.3) is 0 Å². The molecule has 0 saturated heterocycles. The number of hydrogen-bond acceptors (Lipinski definition) is 10. The minimum atomic E-state index is -1.05. The second-order valence-corrected chi connectivity index (χ2v) is 11.6. The molecule has 2 aromatic carbocycles. The lowest BCUT2D eigenvalue weighted by Crippen LogP contribution is -2.39. The number of carbonyl (C=O) groups excluding carboxylic acids is 3. The van der Waals surface area contributed by atoms with Crippen molar-refractivity contribution >= 4 is 63.1 Å². The Bertz CT molecular complexity index is 1680. The molecule has 0 saturated carbocycles. The van der Waals surface area contributed by atoms with Gasteiger partial charge < -0.3 is 16.8 Å². The van der Waals surface area contributed by atoms with Gasteiger partial charge in [0.25, 0.3) is 5.91 Å². The Morgan fingerprint density at radius 3 is 2.73 bits per heavy atom. The maximum absolute atomic E-state index is 15.0. The number of amides is 2. The van der Waals surface area contributed by atoms with Crippen LogP contribution in [0, 0.1) is 17.1 Å². The van der Waals surface area contributed by atoms with Crippen LogP contribution in [0.5, 0.6) is 0 Å². The molecule has 2 amide bonds. The van der Waals surface area contributed by atoms with E-state index in [0.717, 1.165) is 23.1 Å². The van der Waals surface area contributed by atoms with E-state index in [1.165, 1.54) is 29.2 Å². The number of thioether (sulfide) groups is 1. The standard InChI is InChI=1S/C27H21ClFN7O3S2/c28-15-6-3-7-16(29)22(15)21-14(11-30)24(31)36(18-9-4-10-19(37)23(18)21)26-34-35-27(41-26)40-12-20(38)33-17-8-2-1-5-13(17)25(32)39/h1-3,5-8,21H,4,9-10,12,31H2,(H2,32,39)(H,33,38). The molecule has 0 bridgehead atoms. The van der Waals surface area contributed by atoms with E-state index in [1.54, 1.807) is 18.2 Å². The molecular formula is C27H21ClFN7O3S2. The molecule has 1 aliphatic carbocycles. The summed E-state index contributed by atoms with van der Waals surface area (Å²) in [4.78, 5) is 38.9. The van der Waals surface area contributed by atoms with Crippen molar-refractivity contribution < 1.29 is 18.8 Å². The smallest absolute Gasteiger partial charge is 0.250 e. The van der Waals surface area contributed by atoms with E-state index in [1.807, 2.05) is 0 Å². The van der Waals surface area contributed by atoms with E-state index >= 15 is 4.39 Å². The number of ketones is 1. The molecule has 208 valence electrons. The van der Waals surface area contributed by atoms with E-state index in [0.29, 0.717) is 28.6 Å². The molecule has 1 aromatic heterocycles. The normalized spacial score (nSPS) is 16.9. The number of allylic oxidation sites excluding steroid dienone is 3. The zero-order valence-corrected chi connectivity index (χ0v) is 23.6. The summed E-state index contributed by atoms with van der Waals surface area (Å²) in [6, 6.07) is 12.6. The number of nitrogens with zero attached hydrogens (tertiary/aromatic N) is 4. The lowest BCUT2D eigenvalue weighted by Gasteiger charge is -2.38. The third kappa shape index (κ3) is 5.41. The van der Waals surface area contributed by atoms with Crippen molar-refractivity contribution in [2.24, 2.45) is 11.5 Å². The average Bonchev–Trinajstić information content (AvgIpc) is 3.40. The van der Waals surface area contributed by atoms with Gasteiger partial charge in [-0.15, -0.1) is 10.2 Å². The predicted molar refractivity (Wildman–Crippen MR) is 154 cm³/mol. The molecular weight excluding hydrogens is 589 g/mol. The van der Waals surface area contributed by atoms with Gasteiger partial charge in [-0.25, -0.2) is 4.39 Å². The Balaban J connectivity index is 1.43. The Hall–Kier alpha value is -4.25. The highest BCUT2D eigenvalue weighted by atomic mass is 35.5. The molecule has 5 N–H and O–H groups in total. The van der Waals surface area contributed by atoms with E-state index in [-0.39, 0.29) is 56.2 Å². The van der Waals surface area contributed by atoms with Gasteiger partial charge >= 0.3 is 0 Å². The second-order valence-electron chi connectivity index (χ2n) is 9.05. The van der Waals surface area contributed by atoms with Crippen LogP contribution in [-0.4, -0.2) is 33.5 Å². The van der Waals surface area contributed by atoms with Gasteiger partial charge in [0, 0.05) is 28.3 Å². The highest BCUT2D eigenvalue weighted by Gasteiger charge is 2.43. The molecule has 0 spiro atoms. The van der Waals surface area contributed by atoms with E-state index in [9.17, 15) is 19.6 Å². The number of rotatable bonds is 7. The summed E-state index contributed by atoms with van der Waals surface area (Å²) in [5.41, 5.74) is 13.1. The Morgan fingerprint density at radius 2 is 2.00 bits per heavy atom. The van der Waals surface area contributed by atoms with E-state index in [2.05, 4.69) is 21.6 Å². The lowest BCUT2D eigenvalue weighted by atomic mass is 9.75. The van der Waals surface area contributed by atoms with Gasteiger partial charge in [-0.2, -0.15) is 5.26 Å². The van der Waals surface area contributed by atoms with Gasteiger partial charge in [0.1, 0.15) is 11.6 Å². The second kappa shape index (κ2) is 11.7. The zero-order chi connectivity index (χ0) is 29.3. The minimum Gasteiger partial charge on any atom is -0.384 e. The Morgan fingerprint density at radius 1 is 1.22 bits per heavy atom. The highest BCUT2D eigenvalue weighted by Crippen LogP contribution is 2.48. The van der Waals surface area contributed by atoms with Crippen molar-refractivity contribution in [2.45, 2.75) is 29.5 Å². The first-order chi connectivity index (χ1) is 19.7. The molecule has 41 heavy (non-hydrogen) atoms. The van der Waals surface area contributed by atoms with Crippen LogP contribution < -0.4 is 21.7 Å². The number of aromatic nitrogens is 2. The number of para-hydroxylation sites is 1. The molecule has 1 unspecified atom stereocenters. The molecule has 10 nitrogen and oxygen atoms in total. The fourth-order valence-electron chi connectivity index (χ4n) is 4.85. The van der Waals surface area contributed by atoms with Crippen LogP contribution in [0.3, 0.4) is 0 Å². The Labute approximate surface area is 246 Å². The molecule has 0 radical (unpaired) electrons. The van der Waals surface area contributed by atoms with Crippen LogP contribution in [0.4, 0.5) is 15.2 Å². The van der Waals surface area contributed by atoms with Gasteiger partial charge in [-0.1, -0.05) is 52.9 Å². The number of nitriles is 1. The SMILES string of the molecule is N#CC1=C(N)N(c2nnc(SCC(=O)Nc3ccccc3C(N)=O)s2)C2=C(C(=O)CCC2)C1c1c(F)cccc1Cl. The van der Waals surface area contributed by atoms with Gasteiger partial charge in [-0.3, -0.25) is 19.3 Å². The first-order valence-electron chi connectivity index (χ1n) is 12.3. The fraction of sp³-hybridized carbons (Fsp3) is 0.185. The zero-order valence-electron chi connectivity index (χ0n) is 21.2. The molecule has 2 aliphatic rings. The molecule has 14 heteroatoms. The molecule has 1 aliphatic heterocycles. The van der Waals surface area contributed by atoms with Crippen LogP contribution >= 0.6 is 34.7 Å². The number of Topliss-reactive ketones (excluding diaryl/α,β-unsaturated/α-hetero) is 1. The maximum Gasteiger partial charge on any atom is 0.250 e. The van der Waals surface area contributed by atoms with Crippen molar-refractivity contribution in [1.29, 1.82) is 5.26 Å². The topological polar surface area (TPSA) is 168 Å². The minimum absolute atomic E-state index is 0.00114. The third-order valence-corrected chi connectivity index (χ3v) is 8.95. The number of nitrogens with one attached hydrogen (secondary N) is 1. The first-order valence-corrected chi connectivity index (χ1v) is 14.4. The molecule has 5 rings (SSSR count). The summed E-state index contributed by atoms with van der Waals surface area (Å²) < 4.78 is 15.5. The summed E-state index contributed by atoms with van der Waals surface area (Å²) in [5.74, 6) is -3.03. The summed E-state index contributed by atoms with van der Waals surface area (Å²) in [5, 5.41) is 21.5. The van der Waals surface area contributed by atoms with Crippen molar-refractivity contribution in [1.82, 2.24) is 10.2 Å². The third-order valence-electron chi connectivity index (χ3n) is 6.58. The number of carbonyl (C=O) groups is 3. The van der Waals surface area contributed by atoms with Crippen LogP contribution in [0.1, 0.15) is 41.1 Å². The van der Waals surface area contributed by atoms with Gasteiger partial charge in [0.15, 0.2) is 10.1 Å². The number of benzene rings is 2. The van der Waals surface area contributed by atoms with E-state index < -0.39 is 23.5 Å². The van der Waals surface area contributed by atoms with Crippen molar-refractivity contribution in [2.75, 3.05) is 16.0 Å². The monoisotopic (exact) mass is 609 g/mol. The quantitative estimate of drug-likeness (QED) is 0.327. The maximum atomic E-state index is 15.0. The van der Waals surface area contributed by atoms with Crippen molar-refractivity contribution in [3.63, 3.8) is 0 Å². The number of halogens is 2. The summed E-state index contributed by atoms with van der Waals surface area (Å²) in [6.45, 7) is 0. The summed E-state index contributed by atoms with van der Waals surface area (Å²) in [7, 11) is 0. The molecule has 0 fully saturated rings. The summed E-state index contributed by atoms with van der Waals surface area (Å²) in [6.07, 6.45) is 1.21. The van der Waals surface area contributed by atoms with Crippen molar-refractivity contribution in [3.05, 3.63) is 87.1 Å². The van der Waals surface area contributed by atoms with Crippen LogP contribution in [0.2, 0.25) is 5.02 Å². The highest BCUT2D eigenvalue weighted by molar-refractivity contribution is 8.01. The molecule has 3 aromatic rings. The number of hydrogen-bond donors (Lipinski definition) is 3. The number of primary amides is 1. The lowest BCUT2D eigenvalue weighted by molar-refractivity contribution is -0.116.